The topological polar surface area (TPSA) is 53.1 Å². The molecule has 0 bridgehead atoms. The van der Waals surface area contributed by atoms with Crippen molar-refractivity contribution in [2.24, 2.45) is 0 Å². The van der Waals surface area contributed by atoms with E-state index in [4.69, 9.17) is 0 Å². The molecule has 1 fully saturated rings. The van der Waals surface area contributed by atoms with Gasteiger partial charge in [-0.1, -0.05) is 24.6 Å². The molecule has 160 valence electrons. The van der Waals surface area contributed by atoms with E-state index in [9.17, 15) is 4.39 Å². The summed E-state index contributed by atoms with van der Waals surface area (Å²) >= 11 is 0. The van der Waals surface area contributed by atoms with Gasteiger partial charge in [-0.25, -0.2) is 9.37 Å². The third-order valence-electron chi connectivity index (χ3n) is 5.53. The molecule has 2 heterocycles. The summed E-state index contributed by atoms with van der Waals surface area (Å²) in [5, 5.41) is 6.98. The number of benzene rings is 1. The van der Waals surface area contributed by atoms with Crippen LogP contribution in [0.1, 0.15) is 39.7 Å². The Labute approximate surface area is 178 Å². The summed E-state index contributed by atoms with van der Waals surface area (Å²) in [6.45, 7) is 12.0. The fourth-order valence-corrected chi connectivity index (χ4v) is 3.60. The second-order valence-electron chi connectivity index (χ2n) is 7.72. The van der Waals surface area contributed by atoms with Crippen molar-refractivity contribution < 1.29 is 4.39 Å². The summed E-state index contributed by atoms with van der Waals surface area (Å²) in [7, 11) is 0. The lowest BCUT2D eigenvalue weighted by Gasteiger charge is -2.38. The van der Waals surface area contributed by atoms with Crippen LogP contribution in [0.2, 0.25) is 0 Å². The summed E-state index contributed by atoms with van der Waals surface area (Å²) in [6.07, 6.45) is 10.6. The van der Waals surface area contributed by atoms with E-state index in [2.05, 4.69) is 64.5 Å². The lowest BCUT2D eigenvalue weighted by Crippen LogP contribution is -2.49. The number of aromatic nitrogens is 2. The zero-order valence-corrected chi connectivity index (χ0v) is 18.4. The Hall–Kier alpha value is -2.73. The van der Waals surface area contributed by atoms with Gasteiger partial charge in [0.2, 0.25) is 0 Å². The number of allylic oxidation sites excluding steroid dienone is 4. The maximum Gasteiger partial charge on any atom is 0.151 e. The minimum Gasteiger partial charge on any atom is -0.380 e. The lowest BCUT2D eigenvalue weighted by atomic mass is 10.1. The van der Waals surface area contributed by atoms with Gasteiger partial charge in [0, 0.05) is 44.6 Å². The zero-order chi connectivity index (χ0) is 21.5. The molecule has 1 aliphatic rings. The number of nitrogens with one attached hydrogen (secondary N) is 2. The molecule has 1 unspecified atom stereocenters. The fourth-order valence-electron chi connectivity index (χ4n) is 3.60. The largest absolute Gasteiger partial charge is 0.380 e. The maximum absolute atomic E-state index is 14.4. The predicted octanol–water partition coefficient (Wildman–Crippen LogP) is 4.30. The summed E-state index contributed by atoms with van der Waals surface area (Å²) < 4.78 is 14.4. The highest BCUT2D eigenvalue weighted by atomic mass is 19.1. The van der Waals surface area contributed by atoms with Gasteiger partial charge in [0.1, 0.15) is 5.52 Å². The normalized spacial score (nSPS) is 18.8. The molecule has 0 aliphatic carbocycles. The molecule has 1 aromatic heterocycles. The van der Waals surface area contributed by atoms with Crippen molar-refractivity contribution in [3.63, 3.8) is 0 Å². The van der Waals surface area contributed by atoms with E-state index in [1.54, 1.807) is 6.20 Å². The average Bonchev–Trinajstić information content (AvgIpc) is 2.76. The van der Waals surface area contributed by atoms with Crippen LogP contribution >= 0.6 is 0 Å². The van der Waals surface area contributed by atoms with E-state index in [1.165, 1.54) is 23.5 Å². The van der Waals surface area contributed by atoms with Gasteiger partial charge in [-0.3, -0.25) is 4.98 Å². The van der Waals surface area contributed by atoms with Crippen molar-refractivity contribution in [1.29, 1.82) is 0 Å². The first-order valence-electron chi connectivity index (χ1n) is 10.7. The van der Waals surface area contributed by atoms with Gasteiger partial charge in [-0.2, -0.15) is 0 Å². The van der Waals surface area contributed by atoms with Crippen molar-refractivity contribution in [3.8, 4) is 0 Å². The Bertz CT molecular complexity index is 963. The van der Waals surface area contributed by atoms with Gasteiger partial charge in [0.05, 0.1) is 16.9 Å². The highest BCUT2D eigenvalue weighted by Gasteiger charge is 2.22. The average molecular weight is 410 g/mol. The number of hydrogen-bond acceptors (Lipinski definition) is 5. The number of piperazine rings is 1. The van der Waals surface area contributed by atoms with Crippen molar-refractivity contribution in [1.82, 2.24) is 25.5 Å². The minimum atomic E-state index is -0.340. The summed E-state index contributed by atoms with van der Waals surface area (Å²) in [4.78, 5) is 10.8. The molecular formula is C24H32FN5. The maximum atomic E-state index is 14.4. The van der Waals surface area contributed by atoms with Crippen LogP contribution in [0.25, 0.3) is 11.0 Å². The van der Waals surface area contributed by atoms with Crippen LogP contribution in [0.4, 0.5) is 4.39 Å². The van der Waals surface area contributed by atoms with Crippen molar-refractivity contribution in [2.75, 3.05) is 19.6 Å². The molecule has 1 aromatic carbocycles. The highest BCUT2D eigenvalue weighted by Crippen LogP contribution is 2.21. The summed E-state index contributed by atoms with van der Waals surface area (Å²) in [6, 6.07) is 3.82. The molecule has 6 heteroatoms. The van der Waals surface area contributed by atoms with Gasteiger partial charge >= 0.3 is 0 Å². The molecule has 1 atom stereocenters. The molecule has 0 radical (unpaired) electrons. The van der Waals surface area contributed by atoms with E-state index >= 15 is 0 Å². The number of halogens is 1. The van der Waals surface area contributed by atoms with Crippen LogP contribution in [-0.4, -0.2) is 40.5 Å². The Morgan fingerprint density at radius 2 is 2.10 bits per heavy atom. The standard InChI is InChI=1S/C24H32FN5/c1-5-17(3)7-8-23(30-12-11-26-15-18(30)4)21(6-2)29-16-19-13-20(25)24-22(14-19)27-9-10-28-24/h6-10,13-14,18,26,29H,5,11-12,15-16H2,1-4H3/b17-7+,21-6+,23-8+. The van der Waals surface area contributed by atoms with Crippen LogP contribution in [0.3, 0.4) is 0 Å². The Morgan fingerprint density at radius 3 is 2.83 bits per heavy atom. The SMILES string of the molecule is C\C=C(NCc1cc(F)c2nccnc2c1)/C(=C\C=C(/C)CC)N1CCNCC1C. The number of hydrogen-bond donors (Lipinski definition) is 2. The number of fused-ring (bicyclic) bond motifs is 1. The van der Waals surface area contributed by atoms with E-state index < -0.39 is 0 Å². The number of nitrogens with zero attached hydrogens (tertiary/aromatic N) is 3. The molecule has 0 spiro atoms. The van der Waals surface area contributed by atoms with E-state index in [0.717, 1.165) is 37.3 Å². The van der Waals surface area contributed by atoms with Gasteiger partial charge in [0.25, 0.3) is 0 Å². The van der Waals surface area contributed by atoms with Crippen LogP contribution in [0.15, 0.2) is 59.7 Å². The second-order valence-corrected chi connectivity index (χ2v) is 7.72. The molecular weight excluding hydrogens is 377 g/mol. The zero-order valence-electron chi connectivity index (χ0n) is 18.4. The smallest absolute Gasteiger partial charge is 0.151 e. The molecule has 2 aromatic rings. The first-order valence-corrected chi connectivity index (χ1v) is 10.7. The van der Waals surface area contributed by atoms with E-state index in [-0.39, 0.29) is 5.82 Å². The Balaban J connectivity index is 1.85. The molecule has 3 rings (SSSR count). The molecule has 30 heavy (non-hydrogen) atoms. The monoisotopic (exact) mass is 409 g/mol. The van der Waals surface area contributed by atoms with Crippen LogP contribution in [0.5, 0.6) is 0 Å². The Morgan fingerprint density at radius 1 is 1.30 bits per heavy atom. The van der Waals surface area contributed by atoms with Gasteiger partial charge in [-0.05, 0) is 51.0 Å². The minimum absolute atomic E-state index is 0.308. The van der Waals surface area contributed by atoms with E-state index in [0.29, 0.717) is 23.6 Å². The molecule has 5 nitrogen and oxygen atoms in total. The quantitative estimate of drug-likeness (QED) is 0.668. The third kappa shape index (κ3) is 5.25. The highest BCUT2D eigenvalue weighted by molar-refractivity contribution is 5.75. The molecule has 1 saturated heterocycles. The molecule has 1 aliphatic heterocycles. The van der Waals surface area contributed by atoms with Crippen molar-refractivity contribution in [2.45, 2.75) is 46.7 Å². The van der Waals surface area contributed by atoms with Crippen molar-refractivity contribution in [3.05, 3.63) is 71.1 Å². The molecule has 0 amide bonds. The van der Waals surface area contributed by atoms with Crippen LogP contribution in [-0.2, 0) is 6.54 Å². The summed E-state index contributed by atoms with van der Waals surface area (Å²) in [5.41, 5.74) is 5.27. The Kier molecular flexibility index (Phi) is 7.57. The first-order chi connectivity index (χ1) is 14.5. The lowest BCUT2D eigenvalue weighted by molar-refractivity contribution is 0.225. The van der Waals surface area contributed by atoms with Gasteiger partial charge < -0.3 is 15.5 Å². The van der Waals surface area contributed by atoms with Gasteiger partial charge in [0.15, 0.2) is 5.82 Å². The summed E-state index contributed by atoms with van der Waals surface area (Å²) in [5.74, 6) is -0.340. The fraction of sp³-hybridized carbons (Fsp3) is 0.417. The van der Waals surface area contributed by atoms with E-state index in [1.807, 2.05) is 13.0 Å². The second kappa shape index (κ2) is 10.3. The predicted molar refractivity (Wildman–Crippen MR) is 121 cm³/mol. The first kappa shape index (κ1) is 22.0. The number of rotatable bonds is 7. The molecule has 0 saturated carbocycles. The van der Waals surface area contributed by atoms with Gasteiger partial charge in [-0.15, -0.1) is 0 Å². The molecule has 2 N–H and O–H groups in total. The van der Waals surface area contributed by atoms with Crippen LogP contribution < -0.4 is 10.6 Å². The van der Waals surface area contributed by atoms with Crippen molar-refractivity contribution >= 4 is 11.0 Å². The van der Waals surface area contributed by atoms with Crippen LogP contribution in [0, 0.1) is 5.82 Å². The third-order valence-corrected chi connectivity index (χ3v) is 5.53.